The lowest BCUT2D eigenvalue weighted by Gasteiger charge is -2.02. The molecule has 6 heteroatoms. The number of thiophene rings is 1. The molecular formula is C21H18FN3OS. The average Bonchev–Trinajstić information content (AvgIpc) is 3.32. The van der Waals surface area contributed by atoms with Gasteiger partial charge < -0.3 is 10.3 Å². The highest BCUT2D eigenvalue weighted by molar-refractivity contribution is 7.17. The second-order valence-corrected chi connectivity index (χ2v) is 7.31. The Kier molecular flexibility index (Phi) is 4.98. The Morgan fingerprint density at radius 2 is 1.89 bits per heavy atom. The summed E-state index contributed by atoms with van der Waals surface area (Å²) in [5.74, 6) is 0.580. The minimum atomic E-state index is -0.266. The summed E-state index contributed by atoms with van der Waals surface area (Å²) in [5, 5.41) is 2.95. The maximum atomic E-state index is 13.0. The van der Waals surface area contributed by atoms with Crippen molar-refractivity contribution >= 4 is 28.3 Å². The van der Waals surface area contributed by atoms with Gasteiger partial charge in [-0.3, -0.25) is 4.79 Å². The fourth-order valence-corrected chi connectivity index (χ4v) is 3.83. The predicted octanol–water partition coefficient (Wildman–Crippen LogP) is 4.79. The van der Waals surface area contributed by atoms with Gasteiger partial charge in [-0.2, -0.15) is 0 Å². The Hall–Kier alpha value is -2.99. The van der Waals surface area contributed by atoms with Crippen LogP contribution < -0.4 is 5.32 Å². The molecule has 0 aliphatic carbocycles. The first kappa shape index (κ1) is 17.4. The number of nitrogens with zero attached hydrogens (tertiary/aromatic N) is 1. The van der Waals surface area contributed by atoms with Crippen LogP contribution in [0.3, 0.4) is 0 Å². The van der Waals surface area contributed by atoms with Crippen LogP contribution in [-0.4, -0.2) is 22.4 Å². The van der Waals surface area contributed by atoms with Crippen LogP contribution in [-0.2, 0) is 6.42 Å². The maximum Gasteiger partial charge on any atom is 0.261 e. The molecule has 1 amide bonds. The molecule has 136 valence electrons. The third-order valence-electron chi connectivity index (χ3n) is 4.27. The number of H-pyrrole nitrogens is 1. The summed E-state index contributed by atoms with van der Waals surface area (Å²) < 4.78 is 13.0. The van der Waals surface area contributed by atoms with Crippen molar-refractivity contribution in [3.8, 4) is 10.4 Å². The van der Waals surface area contributed by atoms with E-state index >= 15 is 0 Å². The standard InChI is InChI=1S/C21H18FN3OS/c22-15-9-7-14(8-10-15)18-11-12-19(27-18)21(26)23-13-3-6-20-24-16-4-1-2-5-17(16)25-20/h1-2,4-5,7-12H,3,6,13H2,(H,23,26)(H,24,25). The number of carbonyl (C=O) groups is 1. The summed E-state index contributed by atoms with van der Waals surface area (Å²) in [6.07, 6.45) is 1.59. The second-order valence-electron chi connectivity index (χ2n) is 6.23. The van der Waals surface area contributed by atoms with Crippen LogP contribution in [0.5, 0.6) is 0 Å². The first-order valence-electron chi connectivity index (χ1n) is 8.77. The summed E-state index contributed by atoms with van der Waals surface area (Å²) >= 11 is 1.40. The molecule has 27 heavy (non-hydrogen) atoms. The minimum Gasteiger partial charge on any atom is -0.351 e. The Morgan fingerprint density at radius 3 is 2.70 bits per heavy atom. The Bertz CT molecular complexity index is 1040. The summed E-state index contributed by atoms with van der Waals surface area (Å²) in [6, 6.07) is 17.9. The van der Waals surface area contributed by atoms with E-state index in [0.29, 0.717) is 11.4 Å². The third kappa shape index (κ3) is 4.06. The molecule has 4 nitrogen and oxygen atoms in total. The van der Waals surface area contributed by atoms with Crippen LogP contribution in [0, 0.1) is 5.82 Å². The lowest BCUT2D eigenvalue weighted by molar-refractivity contribution is 0.0957. The van der Waals surface area contributed by atoms with Crippen LogP contribution in [0.25, 0.3) is 21.5 Å². The smallest absolute Gasteiger partial charge is 0.261 e. The Labute approximate surface area is 160 Å². The molecule has 2 N–H and O–H groups in total. The van der Waals surface area contributed by atoms with E-state index in [4.69, 9.17) is 0 Å². The molecule has 0 spiro atoms. The van der Waals surface area contributed by atoms with Gasteiger partial charge in [0.15, 0.2) is 0 Å². The van der Waals surface area contributed by atoms with Crippen molar-refractivity contribution in [2.24, 2.45) is 0 Å². The van der Waals surface area contributed by atoms with Gasteiger partial charge in [0.1, 0.15) is 11.6 Å². The number of carbonyl (C=O) groups excluding carboxylic acids is 1. The fraction of sp³-hybridized carbons (Fsp3) is 0.143. The average molecular weight is 379 g/mol. The molecule has 4 aromatic rings. The first-order chi connectivity index (χ1) is 13.2. The summed E-state index contributed by atoms with van der Waals surface area (Å²) in [6.45, 7) is 0.583. The normalized spacial score (nSPS) is 11.0. The van der Waals surface area contributed by atoms with E-state index in [-0.39, 0.29) is 11.7 Å². The number of nitrogens with one attached hydrogen (secondary N) is 2. The van der Waals surface area contributed by atoms with Crippen LogP contribution >= 0.6 is 11.3 Å². The molecule has 4 rings (SSSR count). The number of fused-ring (bicyclic) bond motifs is 1. The third-order valence-corrected chi connectivity index (χ3v) is 5.41. The zero-order valence-corrected chi connectivity index (χ0v) is 15.4. The van der Waals surface area contributed by atoms with Crippen molar-refractivity contribution in [2.45, 2.75) is 12.8 Å². The lowest BCUT2D eigenvalue weighted by Crippen LogP contribution is -2.23. The van der Waals surface area contributed by atoms with Gasteiger partial charge in [0.05, 0.1) is 15.9 Å². The summed E-state index contributed by atoms with van der Waals surface area (Å²) in [7, 11) is 0. The van der Waals surface area contributed by atoms with Gasteiger partial charge in [-0.15, -0.1) is 11.3 Å². The van der Waals surface area contributed by atoms with Crippen molar-refractivity contribution < 1.29 is 9.18 Å². The van der Waals surface area contributed by atoms with E-state index in [9.17, 15) is 9.18 Å². The van der Waals surface area contributed by atoms with Gasteiger partial charge in [0, 0.05) is 17.8 Å². The number of para-hydroxylation sites is 2. The highest BCUT2D eigenvalue weighted by Gasteiger charge is 2.10. The lowest BCUT2D eigenvalue weighted by atomic mass is 10.2. The summed E-state index contributed by atoms with van der Waals surface area (Å²) in [4.78, 5) is 21.7. The number of aromatic nitrogens is 2. The molecule has 0 unspecified atom stereocenters. The molecule has 0 aliphatic rings. The van der Waals surface area contributed by atoms with E-state index in [1.807, 2.05) is 30.3 Å². The van der Waals surface area contributed by atoms with Crippen molar-refractivity contribution in [3.05, 3.63) is 77.2 Å². The minimum absolute atomic E-state index is 0.0852. The fourth-order valence-electron chi connectivity index (χ4n) is 2.90. The van der Waals surface area contributed by atoms with E-state index in [0.717, 1.165) is 40.1 Å². The van der Waals surface area contributed by atoms with Gasteiger partial charge in [-0.25, -0.2) is 9.37 Å². The Morgan fingerprint density at radius 1 is 1.07 bits per heavy atom. The molecule has 2 aromatic carbocycles. The van der Waals surface area contributed by atoms with Gasteiger partial charge in [-0.1, -0.05) is 24.3 Å². The van der Waals surface area contributed by atoms with E-state index in [1.54, 1.807) is 18.2 Å². The molecule has 2 aromatic heterocycles. The van der Waals surface area contributed by atoms with Crippen LogP contribution in [0.1, 0.15) is 21.9 Å². The van der Waals surface area contributed by atoms with E-state index in [2.05, 4.69) is 15.3 Å². The summed E-state index contributed by atoms with van der Waals surface area (Å²) in [5.41, 5.74) is 2.90. The molecule has 2 heterocycles. The number of rotatable bonds is 6. The van der Waals surface area contributed by atoms with Gasteiger partial charge in [0.2, 0.25) is 0 Å². The van der Waals surface area contributed by atoms with Gasteiger partial charge >= 0.3 is 0 Å². The number of halogens is 1. The molecule has 0 saturated carbocycles. The molecule has 0 saturated heterocycles. The number of amides is 1. The Balaban J connectivity index is 1.30. The highest BCUT2D eigenvalue weighted by Crippen LogP contribution is 2.28. The van der Waals surface area contributed by atoms with Crippen LogP contribution in [0.2, 0.25) is 0 Å². The number of benzene rings is 2. The number of aromatic amines is 1. The zero-order valence-electron chi connectivity index (χ0n) is 14.5. The number of aryl methyl sites for hydroxylation is 1. The van der Waals surface area contributed by atoms with Crippen molar-refractivity contribution in [3.63, 3.8) is 0 Å². The zero-order chi connectivity index (χ0) is 18.6. The molecule has 0 radical (unpaired) electrons. The molecule has 0 atom stereocenters. The number of hydrogen-bond acceptors (Lipinski definition) is 3. The topological polar surface area (TPSA) is 57.8 Å². The molecule has 0 aliphatic heterocycles. The quantitative estimate of drug-likeness (QED) is 0.473. The maximum absolute atomic E-state index is 13.0. The van der Waals surface area contributed by atoms with E-state index < -0.39 is 0 Å². The highest BCUT2D eigenvalue weighted by atomic mass is 32.1. The van der Waals surface area contributed by atoms with Crippen molar-refractivity contribution in [1.29, 1.82) is 0 Å². The molecule has 0 bridgehead atoms. The van der Waals surface area contributed by atoms with Gasteiger partial charge in [-0.05, 0) is 48.4 Å². The van der Waals surface area contributed by atoms with Crippen molar-refractivity contribution in [2.75, 3.05) is 6.54 Å². The second kappa shape index (κ2) is 7.72. The molecular weight excluding hydrogens is 361 g/mol. The van der Waals surface area contributed by atoms with E-state index in [1.165, 1.54) is 23.5 Å². The van der Waals surface area contributed by atoms with Crippen molar-refractivity contribution in [1.82, 2.24) is 15.3 Å². The monoisotopic (exact) mass is 379 g/mol. The largest absolute Gasteiger partial charge is 0.351 e. The molecule has 0 fully saturated rings. The van der Waals surface area contributed by atoms with Crippen LogP contribution in [0.15, 0.2) is 60.7 Å². The first-order valence-corrected chi connectivity index (χ1v) is 9.58. The van der Waals surface area contributed by atoms with Gasteiger partial charge in [0.25, 0.3) is 5.91 Å². The predicted molar refractivity (Wildman–Crippen MR) is 106 cm³/mol. The SMILES string of the molecule is O=C(NCCCc1nc2ccccc2[nH]1)c1ccc(-c2ccc(F)cc2)s1. The number of imidazole rings is 1. The number of hydrogen-bond donors (Lipinski definition) is 2. The van der Waals surface area contributed by atoms with Crippen LogP contribution in [0.4, 0.5) is 4.39 Å².